The van der Waals surface area contributed by atoms with Gasteiger partial charge in [-0.3, -0.25) is 9.79 Å². The van der Waals surface area contributed by atoms with Crippen LogP contribution in [-0.2, 0) is 24.1 Å². The van der Waals surface area contributed by atoms with Gasteiger partial charge in [-0.25, -0.2) is 4.98 Å². The van der Waals surface area contributed by atoms with Gasteiger partial charge < -0.3 is 9.47 Å². The summed E-state index contributed by atoms with van der Waals surface area (Å²) in [5.74, 6) is 1.06. The highest BCUT2D eigenvalue weighted by Crippen LogP contribution is 2.38. The van der Waals surface area contributed by atoms with Crippen LogP contribution < -0.4 is 0 Å². The van der Waals surface area contributed by atoms with E-state index in [0.717, 1.165) is 47.6 Å². The summed E-state index contributed by atoms with van der Waals surface area (Å²) in [7, 11) is 0. The summed E-state index contributed by atoms with van der Waals surface area (Å²) in [5, 5.41) is 0. The number of fused-ring (bicyclic) bond motifs is 2. The minimum Gasteiger partial charge on any atom is -0.342 e. The van der Waals surface area contributed by atoms with Crippen LogP contribution in [0.5, 0.6) is 0 Å². The van der Waals surface area contributed by atoms with E-state index >= 15 is 0 Å². The zero-order chi connectivity index (χ0) is 26.7. The average molecular weight is 529 g/mol. The number of halogens is 3. The smallest absolute Gasteiger partial charge is 0.342 e. The van der Waals surface area contributed by atoms with Crippen molar-refractivity contribution in [1.29, 1.82) is 0 Å². The van der Waals surface area contributed by atoms with E-state index in [1.807, 2.05) is 39.9 Å². The predicted molar refractivity (Wildman–Crippen MR) is 144 cm³/mol. The van der Waals surface area contributed by atoms with Crippen LogP contribution in [-0.4, -0.2) is 39.7 Å². The number of amides is 1. The Morgan fingerprint density at radius 1 is 0.949 bits per heavy atom. The molecule has 1 saturated carbocycles. The Labute approximate surface area is 224 Å². The fourth-order valence-corrected chi connectivity index (χ4v) is 5.91. The number of alkyl halides is 3. The van der Waals surface area contributed by atoms with E-state index in [9.17, 15) is 18.0 Å². The molecule has 2 fully saturated rings. The third-order valence-electron chi connectivity index (χ3n) is 8.16. The highest BCUT2D eigenvalue weighted by molar-refractivity contribution is 5.87. The van der Waals surface area contributed by atoms with E-state index in [1.165, 1.54) is 11.6 Å². The minimum atomic E-state index is -4.50. The highest BCUT2D eigenvalue weighted by atomic mass is 19.4. The number of aliphatic imine (C=N–C) groups is 1. The third kappa shape index (κ3) is 4.41. The second-order valence-electron chi connectivity index (χ2n) is 10.9. The molecular formula is C31H27F3N4O. The fourth-order valence-electron chi connectivity index (χ4n) is 5.91. The summed E-state index contributed by atoms with van der Waals surface area (Å²) in [5.41, 5.74) is 4.88. The molecule has 1 aromatic heterocycles. The van der Waals surface area contributed by atoms with Crippen LogP contribution in [0.3, 0.4) is 0 Å². The lowest BCUT2D eigenvalue weighted by atomic mass is 9.99. The predicted octanol–water partition coefficient (Wildman–Crippen LogP) is 6.58. The zero-order valence-corrected chi connectivity index (χ0v) is 21.3. The number of benzene rings is 3. The molecule has 1 saturated heterocycles. The first-order chi connectivity index (χ1) is 18.8. The van der Waals surface area contributed by atoms with Crippen molar-refractivity contribution in [3.8, 4) is 22.5 Å². The third-order valence-corrected chi connectivity index (χ3v) is 8.16. The molecule has 3 aromatic carbocycles. The van der Waals surface area contributed by atoms with Gasteiger partial charge in [0.05, 0.1) is 17.6 Å². The Balaban J connectivity index is 1.25. The van der Waals surface area contributed by atoms with Crippen molar-refractivity contribution in [2.75, 3.05) is 13.1 Å². The first kappa shape index (κ1) is 24.1. The first-order valence-electron chi connectivity index (χ1n) is 13.4. The van der Waals surface area contributed by atoms with Crippen LogP contribution in [0, 0.1) is 11.8 Å². The molecule has 0 spiro atoms. The van der Waals surface area contributed by atoms with Crippen molar-refractivity contribution >= 4 is 23.2 Å². The van der Waals surface area contributed by atoms with Crippen molar-refractivity contribution in [3.05, 3.63) is 77.4 Å². The Morgan fingerprint density at radius 2 is 1.72 bits per heavy atom. The molecule has 3 heterocycles. The summed E-state index contributed by atoms with van der Waals surface area (Å²) in [6, 6.07) is 18.4. The number of aromatic nitrogens is 2. The van der Waals surface area contributed by atoms with Crippen molar-refractivity contribution < 1.29 is 18.0 Å². The second kappa shape index (κ2) is 9.07. The number of rotatable bonds is 5. The summed E-state index contributed by atoms with van der Waals surface area (Å²) in [6.07, 6.45) is 0.139. The number of likely N-dealkylation sites (tertiary alicyclic amines) is 1. The summed E-state index contributed by atoms with van der Waals surface area (Å²) < 4.78 is 43.7. The number of hydrogen-bond acceptors (Lipinski definition) is 3. The summed E-state index contributed by atoms with van der Waals surface area (Å²) >= 11 is 0. The van der Waals surface area contributed by atoms with E-state index < -0.39 is 11.7 Å². The van der Waals surface area contributed by atoms with Gasteiger partial charge in [-0.1, -0.05) is 42.5 Å². The molecule has 3 aliphatic rings. The molecule has 0 bridgehead atoms. The topological polar surface area (TPSA) is 50.5 Å². The molecule has 5 nitrogen and oxygen atoms in total. The number of para-hydroxylation sites is 1. The van der Waals surface area contributed by atoms with E-state index in [-0.39, 0.29) is 23.3 Å². The lowest BCUT2D eigenvalue weighted by Crippen LogP contribution is -2.30. The minimum absolute atomic E-state index is 0.0355. The van der Waals surface area contributed by atoms with Gasteiger partial charge in [0.15, 0.2) is 0 Å². The number of nitrogens with zero attached hydrogens (tertiary/aromatic N) is 4. The largest absolute Gasteiger partial charge is 0.418 e. The lowest BCUT2D eigenvalue weighted by molar-refractivity contribution is -0.136. The summed E-state index contributed by atoms with van der Waals surface area (Å²) in [6.45, 7) is 2.52. The Bertz CT molecular complexity index is 1620. The number of imidazole rings is 1. The van der Waals surface area contributed by atoms with Crippen LogP contribution in [0.15, 0.2) is 65.7 Å². The summed E-state index contributed by atoms with van der Waals surface area (Å²) in [4.78, 5) is 23.4. The molecule has 1 atom stereocenters. The molecule has 2 aliphatic heterocycles. The average Bonchev–Trinajstić information content (AvgIpc) is 3.32. The molecule has 0 N–H and O–H groups in total. The zero-order valence-electron chi connectivity index (χ0n) is 21.3. The molecule has 39 heavy (non-hydrogen) atoms. The van der Waals surface area contributed by atoms with Crippen molar-refractivity contribution in [2.24, 2.45) is 16.8 Å². The second-order valence-corrected chi connectivity index (χ2v) is 10.9. The van der Waals surface area contributed by atoms with Gasteiger partial charge in [-0.2, -0.15) is 13.2 Å². The Kier molecular flexibility index (Phi) is 5.61. The van der Waals surface area contributed by atoms with Crippen molar-refractivity contribution in [3.63, 3.8) is 0 Å². The van der Waals surface area contributed by atoms with Crippen LogP contribution in [0.25, 0.3) is 33.5 Å². The monoisotopic (exact) mass is 528 g/mol. The van der Waals surface area contributed by atoms with E-state index in [4.69, 9.17) is 0 Å². The van der Waals surface area contributed by atoms with E-state index in [1.54, 1.807) is 6.07 Å². The van der Waals surface area contributed by atoms with Gasteiger partial charge in [0.1, 0.15) is 11.3 Å². The van der Waals surface area contributed by atoms with Crippen molar-refractivity contribution in [2.45, 2.75) is 38.5 Å². The van der Waals surface area contributed by atoms with Gasteiger partial charge in [0, 0.05) is 37.3 Å². The van der Waals surface area contributed by atoms with Gasteiger partial charge in [0.25, 0.3) is 0 Å². The molecule has 0 radical (unpaired) electrons. The number of carbonyl (C=O) groups is 1. The maximum atomic E-state index is 13.9. The quantitative estimate of drug-likeness (QED) is 0.294. The van der Waals surface area contributed by atoms with Crippen LogP contribution >= 0.6 is 0 Å². The fraction of sp³-hybridized carbons (Fsp3) is 0.323. The molecular weight excluding hydrogens is 501 g/mol. The van der Waals surface area contributed by atoms with Crippen molar-refractivity contribution in [1.82, 2.24) is 14.5 Å². The SMILES string of the molecule is O=C(C1CC1)N1CCC(Cn2c(-c3ccc(-c4ccc5c(c4)CN=C5)cc3)nc3c(C(F)(F)F)cccc32)C1. The van der Waals surface area contributed by atoms with Crippen LogP contribution in [0.1, 0.15) is 36.0 Å². The maximum absolute atomic E-state index is 13.9. The molecule has 7 rings (SSSR count). The number of carbonyl (C=O) groups excluding carboxylic acids is 1. The molecule has 8 heteroatoms. The molecule has 1 unspecified atom stereocenters. The molecule has 1 aliphatic carbocycles. The van der Waals surface area contributed by atoms with Crippen LogP contribution in [0.4, 0.5) is 13.2 Å². The maximum Gasteiger partial charge on any atom is 0.418 e. The normalized spacial score (nSPS) is 18.7. The Hall–Kier alpha value is -3.94. The van der Waals surface area contributed by atoms with Gasteiger partial charge in [-0.05, 0) is 65.6 Å². The lowest BCUT2D eigenvalue weighted by Gasteiger charge is -2.18. The van der Waals surface area contributed by atoms with Gasteiger partial charge in [0.2, 0.25) is 5.91 Å². The highest BCUT2D eigenvalue weighted by Gasteiger charge is 2.38. The molecule has 198 valence electrons. The first-order valence-corrected chi connectivity index (χ1v) is 13.4. The number of hydrogen-bond donors (Lipinski definition) is 0. The van der Waals surface area contributed by atoms with Crippen LogP contribution in [0.2, 0.25) is 0 Å². The van der Waals surface area contributed by atoms with E-state index in [0.29, 0.717) is 37.5 Å². The van der Waals surface area contributed by atoms with E-state index in [2.05, 4.69) is 28.2 Å². The van der Waals surface area contributed by atoms with Gasteiger partial charge in [-0.15, -0.1) is 0 Å². The van der Waals surface area contributed by atoms with Gasteiger partial charge >= 0.3 is 6.18 Å². The molecule has 4 aromatic rings. The standard InChI is InChI=1S/C31H27F3N4O/c32-31(33,34)26-2-1-3-27-28(26)36-29(38(27)18-19-12-13-37(17-19)30(39)22-8-9-22)21-6-4-20(5-7-21)23-10-11-24-15-35-16-25(24)14-23/h1-7,10-11,14-15,19,22H,8-9,12-13,16-18H2. The molecule has 1 amide bonds. The Morgan fingerprint density at radius 3 is 2.49 bits per heavy atom.